The van der Waals surface area contributed by atoms with Crippen LogP contribution in [0.3, 0.4) is 0 Å². The highest BCUT2D eigenvalue weighted by molar-refractivity contribution is 6.32. The lowest BCUT2D eigenvalue weighted by molar-refractivity contribution is 1.40. The molecule has 0 radical (unpaired) electrons. The standard InChI is InChI=1S/C30H19N3/c1-3-20-9-14-23(15-10-20)32-29-25-7-5-6-8-26(25)30(28-19-22(31)13-18-27(28)29)33-24-16-11-21(4-2)12-17-24/h1-2,5-19H,31H2. The maximum atomic E-state index is 6.19. The van der Waals surface area contributed by atoms with Crippen LogP contribution in [0.2, 0.25) is 0 Å². The van der Waals surface area contributed by atoms with E-state index in [-0.39, 0.29) is 0 Å². The van der Waals surface area contributed by atoms with Gasteiger partial charge in [-0.1, -0.05) is 42.2 Å². The van der Waals surface area contributed by atoms with E-state index in [0.717, 1.165) is 56.2 Å². The molecule has 2 N–H and O–H groups in total. The maximum absolute atomic E-state index is 6.19. The molecule has 0 heterocycles. The summed E-state index contributed by atoms with van der Waals surface area (Å²) in [6.45, 7) is 0. The lowest BCUT2D eigenvalue weighted by atomic mass is 9.82. The molecule has 3 nitrogen and oxygen atoms in total. The first-order chi connectivity index (χ1) is 16.2. The minimum atomic E-state index is 0.668. The summed E-state index contributed by atoms with van der Waals surface area (Å²) in [6.07, 6.45) is 11.0. The Morgan fingerprint density at radius 2 is 1.00 bits per heavy atom. The van der Waals surface area contributed by atoms with E-state index in [2.05, 4.69) is 24.0 Å². The number of hydrogen-bond acceptors (Lipinski definition) is 3. The van der Waals surface area contributed by atoms with E-state index < -0.39 is 0 Å². The molecule has 3 heteroatoms. The first-order valence-corrected chi connectivity index (χ1v) is 10.5. The normalized spacial score (nSPS) is 14.2. The minimum Gasteiger partial charge on any atom is -0.399 e. The minimum absolute atomic E-state index is 0.668. The molecule has 0 saturated heterocycles. The van der Waals surface area contributed by atoms with Crippen molar-refractivity contribution in [3.63, 3.8) is 0 Å². The average Bonchev–Trinajstić information content (AvgIpc) is 2.86. The van der Waals surface area contributed by atoms with Gasteiger partial charge in [0.25, 0.3) is 0 Å². The van der Waals surface area contributed by atoms with Crippen LogP contribution in [0.5, 0.6) is 0 Å². The third kappa shape index (κ3) is 3.81. The van der Waals surface area contributed by atoms with Crippen molar-refractivity contribution < 1.29 is 0 Å². The van der Waals surface area contributed by atoms with Gasteiger partial charge in [-0.25, -0.2) is 9.98 Å². The number of hydrogen-bond donors (Lipinski definition) is 1. The van der Waals surface area contributed by atoms with Crippen LogP contribution >= 0.6 is 0 Å². The monoisotopic (exact) mass is 421 g/mol. The van der Waals surface area contributed by atoms with E-state index in [1.54, 1.807) is 0 Å². The Labute approximate surface area is 193 Å². The first kappa shape index (κ1) is 20.1. The third-order valence-corrected chi connectivity index (χ3v) is 5.54. The zero-order valence-electron chi connectivity index (χ0n) is 17.8. The van der Waals surface area contributed by atoms with E-state index >= 15 is 0 Å². The molecular formula is C30H19N3. The smallest absolute Gasteiger partial charge is 0.0795 e. The summed E-state index contributed by atoms with van der Waals surface area (Å²) in [4.78, 5) is 10.00. The van der Waals surface area contributed by atoms with Crippen molar-refractivity contribution in [3.05, 3.63) is 124 Å². The maximum Gasteiger partial charge on any atom is 0.0795 e. The fourth-order valence-electron chi connectivity index (χ4n) is 3.91. The summed E-state index contributed by atoms with van der Waals surface area (Å²) in [6, 6.07) is 29.3. The molecule has 5 rings (SSSR count). The summed E-state index contributed by atoms with van der Waals surface area (Å²) < 4.78 is 0. The van der Waals surface area contributed by atoms with E-state index in [9.17, 15) is 0 Å². The van der Waals surface area contributed by atoms with Crippen LogP contribution in [0, 0.1) is 24.7 Å². The van der Waals surface area contributed by atoms with E-state index in [1.807, 2.05) is 78.9 Å². The average molecular weight is 422 g/mol. The quantitative estimate of drug-likeness (QED) is 0.281. The largest absolute Gasteiger partial charge is 0.399 e. The Hall–Kier alpha value is -4.86. The van der Waals surface area contributed by atoms with Crippen LogP contribution in [0.15, 0.2) is 101 Å². The Kier molecular flexibility index (Phi) is 5.07. The van der Waals surface area contributed by atoms with Crippen molar-refractivity contribution >= 4 is 28.5 Å². The van der Waals surface area contributed by atoms with Gasteiger partial charge in [-0.15, -0.1) is 12.8 Å². The van der Waals surface area contributed by atoms with Gasteiger partial charge in [0.2, 0.25) is 0 Å². The molecule has 0 atom stereocenters. The number of fused-ring (bicyclic) bond motifs is 2. The van der Waals surface area contributed by atoms with Gasteiger partial charge in [0.15, 0.2) is 0 Å². The second-order valence-electron chi connectivity index (χ2n) is 7.65. The Morgan fingerprint density at radius 3 is 1.48 bits per heavy atom. The van der Waals surface area contributed by atoms with Gasteiger partial charge in [0.1, 0.15) is 0 Å². The molecule has 1 aliphatic carbocycles. The van der Waals surface area contributed by atoms with Crippen LogP contribution < -0.4 is 5.73 Å². The van der Waals surface area contributed by atoms with Crippen LogP contribution in [0.4, 0.5) is 17.1 Å². The highest BCUT2D eigenvalue weighted by atomic mass is 14.8. The fourth-order valence-corrected chi connectivity index (χ4v) is 3.91. The zero-order chi connectivity index (χ0) is 22.8. The number of nitrogens with zero attached hydrogens (tertiary/aromatic N) is 2. The van der Waals surface area contributed by atoms with Crippen molar-refractivity contribution in [1.29, 1.82) is 0 Å². The predicted molar refractivity (Wildman–Crippen MR) is 137 cm³/mol. The number of aliphatic imine (C=N–C) groups is 2. The molecule has 33 heavy (non-hydrogen) atoms. The Balaban J connectivity index is 1.73. The van der Waals surface area contributed by atoms with Gasteiger partial charge in [-0.05, 0) is 60.7 Å². The summed E-state index contributed by atoms with van der Waals surface area (Å²) >= 11 is 0. The van der Waals surface area contributed by atoms with E-state index in [1.165, 1.54) is 0 Å². The summed E-state index contributed by atoms with van der Waals surface area (Å²) in [5, 5.41) is 0. The van der Waals surface area contributed by atoms with Crippen LogP contribution in [0.25, 0.3) is 0 Å². The van der Waals surface area contributed by atoms with Crippen molar-refractivity contribution in [2.24, 2.45) is 9.98 Å². The molecule has 1 aliphatic rings. The lowest BCUT2D eigenvalue weighted by Crippen LogP contribution is -2.22. The molecule has 0 saturated carbocycles. The Bertz CT molecular complexity index is 1510. The Morgan fingerprint density at radius 1 is 0.545 bits per heavy atom. The molecular weight excluding hydrogens is 402 g/mol. The first-order valence-electron chi connectivity index (χ1n) is 10.5. The van der Waals surface area contributed by atoms with Crippen LogP contribution in [0.1, 0.15) is 33.4 Å². The number of nitrogens with two attached hydrogens (primary N) is 1. The van der Waals surface area contributed by atoms with Gasteiger partial charge >= 0.3 is 0 Å². The number of terminal acetylenes is 2. The molecule has 4 aromatic rings. The number of nitrogen functional groups attached to an aromatic ring is 1. The van der Waals surface area contributed by atoms with Crippen molar-refractivity contribution in [3.8, 4) is 24.7 Å². The van der Waals surface area contributed by atoms with E-state index in [4.69, 9.17) is 28.6 Å². The van der Waals surface area contributed by atoms with Gasteiger partial charge in [0.05, 0.1) is 22.8 Å². The summed E-state index contributed by atoms with van der Waals surface area (Å²) in [5.41, 5.74) is 15.8. The molecule has 0 bridgehead atoms. The molecule has 154 valence electrons. The molecule has 4 aromatic carbocycles. The second-order valence-corrected chi connectivity index (χ2v) is 7.65. The molecule has 0 amide bonds. The molecule has 0 aliphatic heterocycles. The number of benzene rings is 4. The number of rotatable bonds is 2. The highest BCUT2D eigenvalue weighted by Gasteiger charge is 2.27. The van der Waals surface area contributed by atoms with E-state index in [0.29, 0.717) is 5.69 Å². The fraction of sp³-hybridized carbons (Fsp3) is 0. The predicted octanol–water partition coefficient (Wildman–Crippen LogP) is 5.88. The molecule has 0 fully saturated rings. The van der Waals surface area contributed by atoms with Crippen LogP contribution in [-0.4, -0.2) is 11.4 Å². The van der Waals surface area contributed by atoms with Crippen molar-refractivity contribution in [1.82, 2.24) is 0 Å². The SMILES string of the molecule is C#Cc1ccc(N=C2c3ccccc3C(=Nc3ccc(C#C)cc3)c3cc(N)ccc32)cc1. The molecule has 0 aromatic heterocycles. The van der Waals surface area contributed by atoms with Crippen molar-refractivity contribution in [2.75, 3.05) is 5.73 Å². The van der Waals surface area contributed by atoms with Gasteiger partial charge in [0, 0.05) is 39.1 Å². The topological polar surface area (TPSA) is 50.7 Å². The van der Waals surface area contributed by atoms with Crippen LogP contribution in [-0.2, 0) is 0 Å². The van der Waals surface area contributed by atoms with Gasteiger partial charge in [-0.2, -0.15) is 0 Å². The van der Waals surface area contributed by atoms with Crippen molar-refractivity contribution in [2.45, 2.75) is 0 Å². The highest BCUT2D eigenvalue weighted by Crippen LogP contribution is 2.33. The third-order valence-electron chi connectivity index (χ3n) is 5.54. The number of anilines is 1. The summed E-state index contributed by atoms with van der Waals surface area (Å²) in [5.74, 6) is 5.28. The molecule has 0 spiro atoms. The second kappa shape index (κ2) is 8.35. The summed E-state index contributed by atoms with van der Waals surface area (Å²) in [7, 11) is 0. The molecule has 0 unspecified atom stereocenters. The van der Waals surface area contributed by atoms with Gasteiger partial charge < -0.3 is 5.73 Å². The zero-order valence-corrected chi connectivity index (χ0v) is 17.8. The van der Waals surface area contributed by atoms with Gasteiger partial charge in [-0.3, -0.25) is 0 Å². The lowest BCUT2D eigenvalue weighted by Gasteiger charge is -2.24.